The summed E-state index contributed by atoms with van der Waals surface area (Å²) in [5.74, 6) is 2.17. The summed E-state index contributed by atoms with van der Waals surface area (Å²) in [6, 6.07) is 19.2. The molecule has 0 bridgehead atoms. The van der Waals surface area contributed by atoms with E-state index in [9.17, 15) is 0 Å². The zero-order valence-corrected chi connectivity index (χ0v) is 25.1. The number of ether oxygens (including phenoxy) is 1. The average Bonchev–Trinajstić information content (AvgIpc) is 3.69. The molecule has 0 radical (unpaired) electrons. The first kappa shape index (κ1) is 30.3. The van der Waals surface area contributed by atoms with Gasteiger partial charge in [0, 0.05) is 23.8 Å². The van der Waals surface area contributed by atoms with E-state index >= 15 is 0 Å². The minimum atomic E-state index is 0.449. The van der Waals surface area contributed by atoms with Gasteiger partial charge in [0.25, 0.3) is 0 Å². The topological polar surface area (TPSA) is 81.2 Å². The van der Waals surface area contributed by atoms with Crippen LogP contribution in [-0.4, -0.2) is 52.7 Å². The molecule has 0 atom stereocenters. The van der Waals surface area contributed by atoms with Gasteiger partial charge in [-0.15, -0.1) is 0 Å². The number of aromatic nitrogens is 3. The van der Waals surface area contributed by atoms with Crippen LogP contribution in [-0.2, 0) is 0 Å². The minimum Gasteiger partial charge on any atom is -0.457 e. The highest BCUT2D eigenvalue weighted by atomic mass is 16.5. The van der Waals surface area contributed by atoms with Crippen molar-refractivity contribution in [2.75, 3.05) is 32.9 Å². The molecule has 1 aliphatic carbocycles. The molecule has 4 aromatic rings. The molecule has 2 aromatic heterocycles. The Morgan fingerprint density at radius 3 is 2.02 bits per heavy atom. The number of nitrogens with zero attached hydrogens (tertiary/aromatic N) is 4. The zero-order chi connectivity index (χ0) is 29.0. The highest BCUT2D eigenvalue weighted by Gasteiger charge is 2.29. The van der Waals surface area contributed by atoms with Crippen LogP contribution in [0.2, 0.25) is 0 Å². The van der Waals surface area contributed by atoms with Crippen molar-refractivity contribution in [2.45, 2.75) is 64.5 Å². The molecule has 2 aromatic carbocycles. The Hall–Kier alpha value is -3.68. The molecule has 3 N–H and O–H groups in total. The van der Waals surface area contributed by atoms with E-state index in [1.165, 1.54) is 51.6 Å². The van der Waals surface area contributed by atoms with E-state index in [1.54, 1.807) is 6.33 Å². The molecule has 3 heterocycles. The number of para-hydroxylation sites is 1. The Morgan fingerprint density at radius 2 is 1.41 bits per heavy atom. The molecule has 0 unspecified atom stereocenters. The SMILES string of the molecule is C/C=C\C.CNC.Nc1ncnc2c1c(-c1ccc(Oc3ccccc3)cc1)cn2C1CCC(N2CCCC2)CC1. The largest absolute Gasteiger partial charge is 0.457 e. The van der Waals surface area contributed by atoms with Gasteiger partial charge in [-0.25, -0.2) is 9.97 Å². The van der Waals surface area contributed by atoms with Gasteiger partial charge in [-0.05, 0) is 109 Å². The monoisotopic (exact) mass is 554 g/mol. The molecule has 41 heavy (non-hydrogen) atoms. The van der Waals surface area contributed by atoms with Gasteiger partial charge in [0.1, 0.15) is 29.3 Å². The molecule has 0 spiro atoms. The lowest BCUT2D eigenvalue weighted by Crippen LogP contribution is -2.36. The van der Waals surface area contributed by atoms with E-state index in [0.29, 0.717) is 11.9 Å². The van der Waals surface area contributed by atoms with Crippen molar-refractivity contribution in [3.05, 3.63) is 79.3 Å². The maximum absolute atomic E-state index is 6.38. The molecular weight excluding hydrogens is 508 g/mol. The summed E-state index contributed by atoms with van der Waals surface area (Å²) in [5, 5.41) is 3.70. The van der Waals surface area contributed by atoms with Crippen LogP contribution < -0.4 is 15.8 Å². The van der Waals surface area contributed by atoms with Gasteiger partial charge in [-0.2, -0.15) is 0 Å². The number of rotatable bonds is 5. The lowest BCUT2D eigenvalue weighted by molar-refractivity contribution is 0.167. The fraction of sp³-hybridized carbons (Fsp3) is 0.412. The summed E-state index contributed by atoms with van der Waals surface area (Å²) in [6.45, 7) is 6.55. The molecule has 7 heteroatoms. The number of nitrogen functional groups attached to an aromatic ring is 1. The van der Waals surface area contributed by atoms with Crippen LogP contribution in [0.4, 0.5) is 5.82 Å². The number of benzene rings is 2. The first-order valence-corrected chi connectivity index (χ1v) is 14.9. The van der Waals surface area contributed by atoms with Crippen molar-refractivity contribution in [1.82, 2.24) is 24.8 Å². The summed E-state index contributed by atoms with van der Waals surface area (Å²) in [4.78, 5) is 11.7. The number of hydrogen-bond acceptors (Lipinski definition) is 6. The van der Waals surface area contributed by atoms with Gasteiger partial charge in [0.2, 0.25) is 0 Å². The summed E-state index contributed by atoms with van der Waals surface area (Å²) in [5.41, 5.74) is 9.50. The molecule has 7 nitrogen and oxygen atoms in total. The fourth-order valence-corrected chi connectivity index (χ4v) is 5.74. The third-order valence-electron chi connectivity index (χ3n) is 7.83. The minimum absolute atomic E-state index is 0.449. The first-order chi connectivity index (χ1) is 20.1. The number of fused-ring (bicyclic) bond motifs is 1. The van der Waals surface area contributed by atoms with Crippen LogP contribution >= 0.6 is 0 Å². The molecule has 0 amide bonds. The number of nitrogens with one attached hydrogen (secondary N) is 1. The number of anilines is 1. The van der Waals surface area contributed by atoms with Crippen LogP contribution in [0, 0.1) is 0 Å². The third-order valence-corrected chi connectivity index (χ3v) is 7.83. The van der Waals surface area contributed by atoms with Crippen LogP contribution in [0.3, 0.4) is 0 Å². The van der Waals surface area contributed by atoms with Crippen LogP contribution in [0.25, 0.3) is 22.2 Å². The van der Waals surface area contributed by atoms with Gasteiger partial charge >= 0.3 is 0 Å². The molecule has 2 fully saturated rings. The van der Waals surface area contributed by atoms with Crippen molar-refractivity contribution in [2.24, 2.45) is 0 Å². The standard InChI is InChI=1S/C28H31N5O.C4H8.C2H7N/c29-27-26-25(20-8-14-24(15-9-20)34-23-6-2-1-3-7-23)18-33(28(26)31-19-30-27)22-12-10-21(11-13-22)32-16-4-5-17-32;1-3-4-2;1-3-2/h1-3,6-9,14-15,18-19,21-22H,4-5,10-13,16-17H2,(H2,29,30,31);3-4H,1-2H3;3H,1-2H3/b;4-3-;. The summed E-state index contributed by atoms with van der Waals surface area (Å²) < 4.78 is 8.33. The fourth-order valence-electron chi connectivity index (χ4n) is 5.74. The van der Waals surface area contributed by atoms with Gasteiger partial charge in [0.05, 0.1) is 5.39 Å². The van der Waals surface area contributed by atoms with Gasteiger partial charge in [-0.1, -0.05) is 42.5 Å². The summed E-state index contributed by atoms with van der Waals surface area (Å²) in [6.07, 6.45) is 15.4. The molecule has 2 aliphatic rings. The van der Waals surface area contributed by atoms with E-state index in [4.69, 9.17) is 10.5 Å². The number of likely N-dealkylation sites (tertiary alicyclic amines) is 1. The summed E-state index contributed by atoms with van der Waals surface area (Å²) in [7, 11) is 3.75. The van der Waals surface area contributed by atoms with E-state index in [2.05, 4.69) is 43.1 Å². The molecular formula is C34H46N6O. The van der Waals surface area contributed by atoms with E-state index in [0.717, 1.165) is 39.7 Å². The highest BCUT2D eigenvalue weighted by molar-refractivity contribution is 6.00. The van der Waals surface area contributed by atoms with Crippen molar-refractivity contribution in [3.63, 3.8) is 0 Å². The Balaban J connectivity index is 0.000000502. The van der Waals surface area contributed by atoms with Gasteiger partial charge in [0.15, 0.2) is 0 Å². The lowest BCUT2D eigenvalue weighted by atomic mass is 9.90. The van der Waals surface area contributed by atoms with Gasteiger partial charge in [-0.3, -0.25) is 0 Å². The normalized spacial score (nSPS) is 18.9. The molecule has 218 valence electrons. The predicted molar refractivity (Wildman–Crippen MR) is 171 cm³/mol. The second kappa shape index (κ2) is 15.4. The smallest absolute Gasteiger partial charge is 0.146 e. The first-order valence-electron chi connectivity index (χ1n) is 14.9. The van der Waals surface area contributed by atoms with Gasteiger partial charge < -0.3 is 25.3 Å². The van der Waals surface area contributed by atoms with E-state index < -0.39 is 0 Å². The Kier molecular flexibility index (Phi) is 11.3. The lowest BCUT2D eigenvalue weighted by Gasteiger charge is -2.35. The number of nitrogens with two attached hydrogens (primary N) is 1. The second-order valence-corrected chi connectivity index (χ2v) is 10.7. The number of hydrogen-bond donors (Lipinski definition) is 2. The summed E-state index contributed by atoms with van der Waals surface area (Å²) >= 11 is 0. The van der Waals surface area contributed by atoms with Crippen LogP contribution in [0.1, 0.15) is 58.4 Å². The quantitative estimate of drug-likeness (QED) is 0.249. The van der Waals surface area contributed by atoms with Crippen molar-refractivity contribution in [1.29, 1.82) is 0 Å². The Morgan fingerprint density at radius 1 is 0.829 bits per heavy atom. The predicted octanol–water partition coefficient (Wildman–Crippen LogP) is 7.47. The van der Waals surface area contributed by atoms with Crippen molar-refractivity contribution in [3.8, 4) is 22.6 Å². The maximum atomic E-state index is 6.38. The van der Waals surface area contributed by atoms with Crippen molar-refractivity contribution >= 4 is 16.9 Å². The van der Waals surface area contributed by atoms with Crippen LogP contribution in [0.5, 0.6) is 11.5 Å². The zero-order valence-electron chi connectivity index (χ0n) is 25.1. The highest BCUT2D eigenvalue weighted by Crippen LogP contribution is 2.39. The van der Waals surface area contributed by atoms with E-state index in [-0.39, 0.29) is 0 Å². The second-order valence-electron chi connectivity index (χ2n) is 10.7. The van der Waals surface area contributed by atoms with E-state index in [1.807, 2.05) is 82.6 Å². The molecule has 6 rings (SSSR count). The maximum Gasteiger partial charge on any atom is 0.146 e. The third kappa shape index (κ3) is 7.75. The Labute approximate surface area is 245 Å². The molecule has 1 saturated heterocycles. The average molecular weight is 555 g/mol. The van der Waals surface area contributed by atoms with Crippen LogP contribution in [0.15, 0.2) is 79.3 Å². The Bertz CT molecular complexity index is 1350. The molecule has 1 aliphatic heterocycles. The molecule has 1 saturated carbocycles. The number of allylic oxidation sites excluding steroid dienone is 2. The van der Waals surface area contributed by atoms with Crippen molar-refractivity contribution < 1.29 is 4.74 Å².